The number of nitrogens with one attached hydrogen (secondary N) is 1. The van der Waals surface area contributed by atoms with Gasteiger partial charge in [-0.3, -0.25) is 0 Å². The lowest BCUT2D eigenvalue weighted by atomic mass is 9.68. The van der Waals surface area contributed by atoms with E-state index in [0.29, 0.717) is 0 Å². The van der Waals surface area contributed by atoms with E-state index in [4.69, 9.17) is 0 Å². The van der Waals surface area contributed by atoms with E-state index in [-0.39, 0.29) is 0 Å². The van der Waals surface area contributed by atoms with Crippen molar-refractivity contribution < 1.29 is 0 Å². The fourth-order valence-corrected chi connectivity index (χ4v) is 4.54. The lowest BCUT2D eigenvalue weighted by Crippen LogP contribution is -2.42. The van der Waals surface area contributed by atoms with Crippen LogP contribution >= 0.6 is 0 Å². The van der Waals surface area contributed by atoms with E-state index in [0.717, 1.165) is 11.8 Å². The monoisotopic (exact) mass is 149 g/mol. The second-order valence-electron chi connectivity index (χ2n) is 5.04. The normalized spacial score (nSPS) is 69.8. The molecule has 0 aromatic heterocycles. The number of hydrogen-bond donors (Lipinski definition) is 1. The van der Waals surface area contributed by atoms with Gasteiger partial charge in [0.2, 0.25) is 0 Å². The second-order valence-corrected chi connectivity index (χ2v) is 5.04. The molecule has 0 aromatic rings. The molecule has 11 heavy (non-hydrogen) atoms. The van der Waals surface area contributed by atoms with Crippen LogP contribution in [0.4, 0.5) is 0 Å². The molecule has 0 radical (unpaired) electrons. The quantitative estimate of drug-likeness (QED) is 0.544. The highest BCUT2D eigenvalue weighted by Crippen LogP contribution is 2.77. The summed E-state index contributed by atoms with van der Waals surface area (Å²) in [5, 5.41) is 3.55. The molecule has 1 aliphatic heterocycles. The molecule has 0 amide bonds. The highest BCUT2D eigenvalue weighted by molar-refractivity contribution is 5.21. The van der Waals surface area contributed by atoms with E-state index in [1.807, 2.05) is 0 Å². The van der Waals surface area contributed by atoms with Crippen molar-refractivity contribution in [2.24, 2.45) is 35.5 Å². The summed E-state index contributed by atoms with van der Waals surface area (Å²) < 4.78 is 0. The SMILES string of the molecule is C1CC2C(CN1)C1C3CC2C31. The van der Waals surface area contributed by atoms with Crippen molar-refractivity contribution in [3.63, 3.8) is 0 Å². The molecule has 60 valence electrons. The van der Waals surface area contributed by atoms with Crippen LogP contribution in [-0.4, -0.2) is 13.1 Å². The molecule has 4 aliphatic rings. The Morgan fingerprint density at radius 2 is 1.82 bits per heavy atom. The molecule has 1 heterocycles. The number of rotatable bonds is 0. The highest BCUT2D eigenvalue weighted by Gasteiger charge is 2.73. The Hall–Kier alpha value is -0.0400. The van der Waals surface area contributed by atoms with Crippen molar-refractivity contribution >= 4 is 0 Å². The van der Waals surface area contributed by atoms with Crippen molar-refractivity contribution in [1.82, 2.24) is 5.32 Å². The van der Waals surface area contributed by atoms with Gasteiger partial charge >= 0.3 is 0 Å². The third-order valence-electron chi connectivity index (χ3n) is 4.96. The van der Waals surface area contributed by atoms with Gasteiger partial charge in [0.15, 0.2) is 0 Å². The van der Waals surface area contributed by atoms with Gasteiger partial charge in [-0.15, -0.1) is 0 Å². The summed E-state index contributed by atoms with van der Waals surface area (Å²) in [7, 11) is 0. The Kier molecular flexibility index (Phi) is 0.769. The predicted molar refractivity (Wildman–Crippen MR) is 43.0 cm³/mol. The maximum Gasteiger partial charge on any atom is -0.00149 e. The zero-order valence-electron chi connectivity index (χ0n) is 6.79. The van der Waals surface area contributed by atoms with Gasteiger partial charge in [-0.1, -0.05) is 0 Å². The molecular formula is C10H15N. The van der Waals surface area contributed by atoms with Crippen LogP contribution < -0.4 is 5.32 Å². The molecule has 1 saturated heterocycles. The maximum absolute atomic E-state index is 3.55. The Morgan fingerprint density at radius 3 is 2.73 bits per heavy atom. The van der Waals surface area contributed by atoms with Crippen LogP contribution in [0.1, 0.15) is 12.8 Å². The van der Waals surface area contributed by atoms with E-state index in [2.05, 4.69) is 5.32 Å². The van der Waals surface area contributed by atoms with Gasteiger partial charge in [-0.25, -0.2) is 0 Å². The molecule has 4 fully saturated rings. The first-order valence-corrected chi connectivity index (χ1v) is 5.17. The molecule has 1 heteroatoms. The first-order valence-electron chi connectivity index (χ1n) is 5.17. The lowest BCUT2D eigenvalue weighted by Gasteiger charge is -2.40. The fourth-order valence-electron chi connectivity index (χ4n) is 4.54. The Balaban J connectivity index is 1.71. The average molecular weight is 149 g/mol. The molecule has 1 N–H and O–H groups in total. The van der Waals surface area contributed by atoms with E-state index in [1.165, 1.54) is 43.2 Å². The summed E-state index contributed by atoms with van der Waals surface area (Å²) in [6.07, 6.45) is 3.12. The first kappa shape index (κ1) is 5.58. The highest BCUT2D eigenvalue weighted by atomic mass is 14.9. The summed E-state index contributed by atoms with van der Waals surface area (Å²) in [5.41, 5.74) is 0. The molecule has 3 aliphatic carbocycles. The van der Waals surface area contributed by atoms with Crippen LogP contribution in [0.3, 0.4) is 0 Å². The van der Waals surface area contributed by atoms with Crippen molar-refractivity contribution in [2.45, 2.75) is 12.8 Å². The van der Waals surface area contributed by atoms with Crippen LogP contribution in [0.25, 0.3) is 0 Å². The number of hydrogen-bond acceptors (Lipinski definition) is 1. The van der Waals surface area contributed by atoms with E-state index >= 15 is 0 Å². The van der Waals surface area contributed by atoms with Crippen molar-refractivity contribution in [2.75, 3.05) is 13.1 Å². The molecular weight excluding hydrogens is 134 g/mol. The molecule has 0 spiro atoms. The van der Waals surface area contributed by atoms with Crippen molar-refractivity contribution in [3.8, 4) is 0 Å². The zero-order valence-corrected chi connectivity index (χ0v) is 6.79. The molecule has 0 aromatic carbocycles. The third kappa shape index (κ3) is 0.462. The van der Waals surface area contributed by atoms with Crippen LogP contribution in [0.2, 0.25) is 0 Å². The molecule has 3 saturated carbocycles. The van der Waals surface area contributed by atoms with Gasteiger partial charge in [0.05, 0.1) is 0 Å². The molecule has 4 rings (SSSR count). The minimum Gasteiger partial charge on any atom is -0.316 e. The topological polar surface area (TPSA) is 12.0 Å². The largest absolute Gasteiger partial charge is 0.316 e. The van der Waals surface area contributed by atoms with E-state index < -0.39 is 0 Å². The number of piperidine rings is 1. The summed E-state index contributed by atoms with van der Waals surface area (Å²) in [6, 6.07) is 0. The van der Waals surface area contributed by atoms with Crippen LogP contribution in [0.15, 0.2) is 0 Å². The molecule has 6 atom stereocenters. The van der Waals surface area contributed by atoms with Crippen molar-refractivity contribution in [1.29, 1.82) is 0 Å². The van der Waals surface area contributed by atoms with Gasteiger partial charge < -0.3 is 5.32 Å². The zero-order chi connectivity index (χ0) is 7.00. The van der Waals surface area contributed by atoms with Crippen LogP contribution in [0.5, 0.6) is 0 Å². The number of fused-ring (bicyclic) bond motifs is 4. The van der Waals surface area contributed by atoms with Gasteiger partial charge in [0.1, 0.15) is 0 Å². The summed E-state index contributed by atoms with van der Waals surface area (Å²) in [6.45, 7) is 2.67. The smallest absolute Gasteiger partial charge is 0.00149 e. The summed E-state index contributed by atoms with van der Waals surface area (Å²) in [4.78, 5) is 0. The Labute approximate surface area is 67.6 Å². The predicted octanol–water partition coefficient (Wildman–Crippen LogP) is 1.11. The van der Waals surface area contributed by atoms with Crippen LogP contribution in [-0.2, 0) is 0 Å². The summed E-state index contributed by atoms with van der Waals surface area (Å²) >= 11 is 0. The Morgan fingerprint density at radius 1 is 0.909 bits per heavy atom. The molecule has 0 bridgehead atoms. The first-order chi connectivity index (χ1) is 5.47. The van der Waals surface area contributed by atoms with Crippen molar-refractivity contribution in [3.05, 3.63) is 0 Å². The second kappa shape index (κ2) is 1.52. The van der Waals surface area contributed by atoms with Gasteiger partial charge in [0, 0.05) is 0 Å². The van der Waals surface area contributed by atoms with Crippen LogP contribution in [0, 0.1) is 35.5 Å². The third-order valence-corrected chi connectivity index (χ3v) is 4.96. The minimum absolute atomic E-state index is 1.12. The minimum atomic E-state index is 1.12. The molecule has 1 nitrogen and oxygen atoms in total. The van der Waals surface area contributed by atoms with E-state index in [9.17, 15) is 0 Å². The van der Waals surface area contributed by atoms with Gasteiger partial charge in [-0.2, -0.15) is 0 Å². The maximum atomic E-state index is 3.55. The molecule has 6 unspecified atom stereocenters. The summed E-state index contributed by atoms with van der Waals surface area (Å²) in [5.74, 6) is 7.16. The fraction of sp³-hybridized carbons (Fsp3) is 1.00. The van der Waals surface area contributed by atoms with Gasteiger partial charge in [0.25, 0.3) is 0 Å². The standard InChI is InChI=1S/C10H15N/c1-2-11-4-8-5(1)6-3-7-9(6)10(7)8/h5-11H,1-4H2. The van der Waals surface area contributed by atoms with Gasteiger partial charge in [-0.05, 0) is 61.4 Å². The Bertz CT molecular complexity index is 199. The van der Waals surface area contributed by atoms with E-state index in [1.54, 1.807) is 6.42 Å². The lowest BCUT2D eigenvalue weighted by molar-refractivity contribution is 0.105. The average Bonchev–Trinajstić information content (AvgIpc) is 2.49.